The van der Waals surface area contributed by atoms with Crippen LogP contribution >= 0.6 is 0 Å². The van der Waals surface area contributed by atoms with Crippen molar-refractivity contribution in [2.24, 2.45) is 0 Å². The van der Waals surface area contributed by atoms with Gasteiger partial charge in [0.1, 0.15) is 0 Å². The molecule has 0 saturated carbocycles. The lowest BCUT2D eigenvalue weighted by atomic mass is 10.1. The highest BCUT2D eigenvalue weighted by Gasteiger charge is 1.96. The van der Waals surface area contributed by atoms with Crippen molar-refractivity contribution < 1.29 is 0 Å². The van der Waals surface area contributed by atoms with Gasteiger partial charge in [-0.2, -0.15) is 0 Å². The van der Waals surface area contributed by atoms with Crippen LogP contribution in [0.25, 0.3) is 32.6 Å². The first-order valence-electron chi connectivity index (χ1n) is 10.1. The van der Waals surface area contributed by atoms with Crippen LogP contribution in [0.3, 0.4) is 0 Å². The number of fused-ring (bicyclic) bond motifs is 3. The molecule has 0 atom stereocenters. The third kappa shape index (κ3) is 5.09. The molecule has 0 aliphatic rings. The summed E-state index contributed by atoms with van der Waals surface area (Å²) in [4.78, 5) is 4.58. The molecule has 0 radical (unpaired) electrons. The molecule has 0 unspecified atom stereocenters. The van der Waals surface area contributed by atoms with Crippen molar-refractivity contribution in [2.45, 2.75) is 0 Å². The Hall–Kier alpha value is -3.97. The number of aromatic nitrogens is 1. The molecule has 1 heteroatoms. The zero-order valence-corrected chi connectivity index (χ0v) is 16.7. The summed E-state index contributed by atoms with van der Waals surface area (Å²) >= 11 is 0. The summed E-state index contributed by atoms with van der Waals surface area (Å²) in [6, 6.07) is 47.3. The highest BCUT2D eigenvalue weighted by atomic mass is 14.7. The maximum Gasteiger partial charge on any atom is 0.0709 e. The molecule has 0 spiro atoms. The normalized spacial score (nSPS) is 10.0. The Bertz CT molecular complexity index is 1140. The third-order valence-electron chi connectivity index (χ3n) is 4.75. The Morgan fingerprint density at radius 3 is 0.967 bits per heavy atom. The summed E-state index contributed by atoms with van der Waals surface area (Å²) < 4.78 is 0. The molecule has 1 heterocycles. The monoisotopic (exact) mass is 385 g/mol. The molecule has 0 bridgehead atoms. The maximum atomic E-state index is 4.58. The van der Waals surface area contributed by atoms with Gasteiger partial charge in [0.25, 0.3) is 0 Å². The molecular formula is C29H23N. The van der Waals surface area contributed by atoms with Crippen LogP contribution in [0, 0.1) is 0 Å². The average Bonchev–Trinajstić information content (AvgIpc) is 2.85. The fraction of sp³-hybridized carbons (Fsp3) is 0. The molecule has 0 amide bonds. The van der Waals surface area contributed by atoms with Gasteiger partial charge in [-0.25, -0.2) is 4.98 Å². The fourth-order valence-electron chi connectivity index (χ4n) is 3.24. The lowest BCUT2D eigenvalue weighted by Crippen LogP contribution is -1.80. The molecule has 5 aromatic carbocycles. The van der Waals surface area contributed by atoms with Crippen molar-refractivity contribution in [3.05, 3.63) is 140 Å². The van der Waals surface area contributed by atoms with E-state index in [1.807, 2.05) is 72.8 Å². The number of benzene rings is 5. The summed E-state index contributed by atoms with van der Waals surface area (Å²) in [6.45, 7) is 0. The summed E-state index contributed by atoms with van der Waals surface area (Å²) in [5, 5.41) is 5.02. The lowest BCUT2D eigenvalue weighted by molar-refractivity contribution is 1.50. The Balaban J connectivity index is 0.000000119. The summed E-state index contributed by atoms with van der Waals surface area (Å²) in [6.07, 6.45) is 0. The first-order valence-corrected chi connectivity index (χ1v) is 10.1. The van der Waals surface area contributed by atoms with Crippen molar-refractivity contribution in [3.8, 4) is 0 Å². The molecule has 0 aliphatic carbocycles. The molecular weight excluding hydrogens is 362 g/mol. The highest BCUT2D eigenvalue weighted by Crippen LogP contribution is 2.18. The van der Waals surface area contributed by atoms with Crippen LogP contribution < -0.4 is 0 Å². The number of pyridine rings is 1. The molecule has 144 valence electrons. The molecule has 6 aromatic rings. The van der Waals surface area contributed by atoms with E-state index in [9.17, 15) is 0 Å². The van der Waals surface area contributed by atoms with E-state index in [2.05, 4.69) is 71.7 Å². The smallest absolute Gasteiger partial charge is 0.0709 e. The predicted molar refractivity (Wildman–Crippen MR) is 130 cm³/mol. The van der Waals surface area contributed by atoms with Crippen LogP contribution in [0.4, 0.5) is 0 Å². The average molecular weight is 386 g/mol. The van der Waals surface area contributed by atoms with E-state index in [-0.39, 0.29) is 0 Å². The van der Waals surface area contributed by atoms with Gasteiger partial charge in [-0.1, -0.05) is 121 Å². The van der Waals surface area contributed by atoms with Gasteiger partial charge < -0.3 is 0 Å². The second-order valence-corrected chi connectivity index (χ2v) is 6.88. The second-order valence-electron chi connectivity index (χ2n) is 6.88. The highest BCUT2D eigenvalue weighted by molar-refractivity contribution is 5.92. The van der Waals surface area contributed by atoms with Gasteiger partial charge in [-0.3, -0.25) is 0 Å². The number of hydrogen-bond acceptors (Lipinski definition) is 1. The zero-order valence-electron chi connectivity index (χ0n) is 16.7. The second kappa shape index (κ2) is 9.99. The molecule has 30 heavy (non-hydrogen) atoms. The molecule has 0 saturated heterocycles. The van der Waals surface area contributed by atoms with Gasteiger partial charge >= 0.3 is 0 Å². The maximum absolute atomic E-state index is 4.58. The topological polar surface area (TPSA) is 12.9 Å². The van der Waals surface area contributed by atoms with Gasteiger partial charge in [-0.05, 0) is 29.0 Å². The van der Waals surface area contributed by atoms with Crippen molar-refractivity contribution in [1.29, 1.82) is 0 Å². The van der Waals surface area contributed by atoms with Gasteiger partial charge in [0, 0.05) is 10.8 Å². The number of hydrogen-bond donors (Lipinski definition) is 0. The number of para-hydroxylation sites is 2. The van der Waals surface area contributed by atoms with E-state index in [0.717, 1.165) is 11.0 Å². The minimum Gasteiger partial charge on any atom is -0.248 e. The van der Waals surface area contributed by atoms with Gasteiger partial charge in [-0.15, -0.1) is 0 Å². The third-order valence-corrected chi connectivity index (χ3v) is 4.75. The van der Waals surface area contributed by atoms with E-state index < -0.39 is 0 Å². The molecule has 0 fully saturated rings. The first kappa shape index (κ1) is 19.4. The largest absolute Gasteiger partial charge is 0.248 e. The van der Waals surface area contributed by atoms with Gasteiger partial charge in [0.05, 0.1) is 11.0 Å². The molecule has 1 aromatic heterocycles. The quantitative estimate of drug-likeness (QED) is 0.242. The summed E-state index contributed by atoms with van der Waals surface area (Å²) in [5.41, 5.74) is 2.12. The van der Waals surface area contributed by atoms with Crippen molar-refractivity contribution in [1.82, 2.24) is 4.98 Å². The Morgan fingerprint density at radius 1 is 0.300 bits per heavy atom. The Morgan fingerprint density at radius 2 is 0.600 bits per heavy atom. The Kier molecular flexibility index (Phi) is 6.45. The van der Waals surface area contributed by atoms with Crippen LogP contribution in [-0.2, 0) is 0 Å². The van der Waals surface area contributed by atoms with Gasteiger partial charge in [0.15, 0.2) is 0 Å². The molecule has 6 rings (SSSR count). The Labute approximate surface area is 177 Å². The van der Waals surface area contributed by atoms with E-state index in [1.54, 1.807) is 0 Å². The van der Waals surface area contributed by atoms with E-state index >= 15 is 0 Å². The van der Waals surface area contributed by atoms with Crippen molar-refractivity contribution in [3.63, 3.8) is 0 Å². The molecule has 0 aliphatic heterocycles. The minimum atomic E-state index is 1.06. The number of nitrogens with zero attached hydrogens (tertiary/aromatic N) is 1. The van der Waals surface area contributed by atoms with Crippen LogP contribution in [0.2, 0.25) is 0 Å². The lowest BCUT2D eigenvalue weighted by Gasteiger charge is -1.99. The van der Waals surface area contributed by atoms with E-state index in [1.165, 1.54) is 21.5 Å². The van der Waals surface area contributed by atoms with E-state index in [0.29, 0.717) is 0 Å². The standard InChI is InChI=1S/C13H9N.C10H8.C6H6/c1-3-7-12-10(5-1)9-11-6-2-4-8-13(11)14-12;1-2-6-10-8-4-3-7-9(10)5-1;1-2-4-6-5-3-1/h1-9H;1-8H;1-6H. The first-order chi connectivity index (χ1) is 14.9. The van der Waals surface area contributed by atoms with Crippen LogP contribution in [-0.4, -0.2) is 4.98 Å². The molecule has 1 nitrogen and oxygen atoms in total. The predicted octanol–water partition coefficient (Wildman–Crippen LogP) is 7.91. The van der Waals surface area contributed by atoms with Crippen LogP contribution in [0.1, 0.15) is 0 Å². The van der Waals surface area contributed by atoms with Crippen LogP contribution in [0.5, 0.6) is 0 Å². The SMILES string of the molecule is c1ccc2ccccc2c1.c1ccc2nc3ccccc3cc2c1.c1ccccc1. The fourth-order valence-corrected chi connectivity index (χ4v) is 3.24. The van der Waals surface area contributed by atoms with Crippen LogP contribution in [0.15, 0.2) is 140 Å². The summed E-state index contributed by atoms with van der Waals surface area (Å²) in [7, 11) is 0. The molecule has 0 N–H and O–H groups in total. The zero-order chi connectivity index (χ0) is 20.4. The summed E-state index contributed by atoms with van der Waals surface area (Å²) in [5.74, 6) is 0. The number of rotatable bonds is 0. The van der Waals surface area contributed by atoms with Crippen molar-refractivity contribution >= 4 is 32.6 Å². The van der Waals surface area contributed by atoms with Gasteiger partial charge in [0.2, 0.25) is 0 Å². The van der Waals surface area contributed by atoms with Crippen molar-refractivity contribution in [2.75, 3.05) is 0 Å². The minimum absolute atomic E-state index is 1.06. The van der Waals surface area contributed by atoms with E-state index in [4.69, 9.17) is 0 Å².